The molecule has 0 aliphatic carbocycles. The van der Waals surface area contributed by atoms with E-state index in [-0.39, 0.29) is 29.5 Å². The van der Waals surface area contributed by atoms with Crippen LogP contribution in [-0.4, -0.2) is 75.1 Å². The molecule has 1 heterocycles. The minimum absolute atomic E-state index is 0.0181. The van der Waals surface area contributed by atoms with Crippen LogP contribution in [0.25, 0.3) is 0 Å². The molecule has 1 unspecified atom stereocenters. The third kappa shape index (κ3) is 5.62. The summed E-state index contributed by atoms with van der Waals surface area (Å²) in [7, 11) is -0.341. The van der Waals surface area contributed by atoms with Crippen LogP contribution in [0.1, 0.15) is 18.9 Å². The van der Waals surface area contributed by atoms with Crippen LogP contribution in [0.4, 0.5) is 4.79 Å². The standard InChI is InChI=1S/C18H25N5O4S2/c1-4-14(17(24)20-7-9-22(2)3)28-15-6-5-13(12-19)11-16(15)29(26,27)23-10-8-21-18(23)25/h5-6,11,14H,4,7-10H2,1-3H3,(H,20,24)(H,21,25). The smallest absolute Gasteiger partial charge is 0.331 e. The average Bonchev–Trinajstić information content (AvgIpc) is 3.12. The maximum absolute atomic E-state index is 13.1. The van der Waals surface area contributed by atoms with Gasteiger partial charge in [-0.25, -0.2) is 17.5 Å². The van der Waals surface area contributed by atoms with Crippen molar-refractivity contribution in [2.24, 2.45) is 0 Å². The monoisotopic (exact) mass is 439 g/mol. The highest BCUT2D eigenvalue weighted by Crippen LogP contribution is 2.34. The molecule has 2 rings (SSSR count). The first-order valence-electron chi connectivity index (χ1n) is 9.14. The number of nitrogens with zero attached hydrogens (tertiary/aromatic N) is 3. The SMILES string of the molecule is CCC(Sc1ccc(C#N)cc1S(=O)(=O)N1CCNC1=O)C(=O)NCCN(C)C. The van der Waals surface area contributed by atoms with Crippen molar-refractivity contribution < 1.29 is 18.0 Å². The molecule has 1 atom stereocenters. The zero-order valence-corrected chi connectivity index (χ0v) is 18.3. The summed E-state index contributed by atoms with van der Waals surface area (Å²) in [5, 5.41) is 14.0. The number of sulfonamides is 1. The third-order valence-electron chi connectivity index (χ3n) is 4.25. The van der Waals surface area contributed by atoms with Gasteiger partial charge < -0.3 is 15.5 Å². The van der Waals surface area contributed by atoms with Crippen molar-refractivity contribution in [1.29, 1.82) is 5.26 Å². The normalized spacial score (nSPS) is 15.1. The summed E-state index contributed by atoms with van der Waals surface area (Å²) >= 11 is 1.12. The third-order valence-corrected chi connectivity index (χ3v) is 7.64. The van der Waals surface area contributed by atoms with Gasteiger partial charge in [0.25, 0.3) is 10.0 Å². The van der Waals surface area contributed by atoms with Gasteiger partial charge in [0.2, 0.25) is 5.91 Å². The summed E-state index contributed by atoms with van der Waals surface area (Å²) in [4.78, 5) is 26.6. The summed E-state index contributed by atoms with van der Waals surface area (Å²) in [6, 6.07) is 5.49. The van der Waals surface area contributed by atoms with E-state index in [2.05, 4.69) is 10.6 Å². The van der Waals surface area contributed by atoms with Crippen molar-refractivity contribution in [1.82, 2.24) is 19.8 Å². The van der Waals surface area contributed by atoms with Gasteiger partial charge in [-0.3, -0.25) is 4.79 Å². The maximum Gasteiger partial charge on any atom is 0.331 e. The van der Waals surface area contributed by atoms with E-state index in [9.17, 15) is 23.3 Å². The fraction of sp³-hybridized carbons (Fsp3) is 0.500. The van der Waals surface area contributed by atoms with Gasteiger partial charge in [0.05, 0.1) is 23.4 Å². The largest absolute Gasteiger partial charge is 0.354 e. The van der Waals surface area contributed by atoms with E-state index < -0.39 is 21.3 Å². The number of rotatable bonds is 9. The fourth-order valence-electron chi connectivity index (χ4n) is 2.67. The van der Waals surface area contributed by atoms with Crippen LogP contribution >= 0.6 is 11.8 Å². The number of nitriles is 1. The quantitative estimate of drug-likeness (QED) is 0.546. The van der Waals surface area contributed by atoms with Crippen LogP contribution in [0.3, 0.4) is 0 Å². The molecule has 1 fully saturated rings. The van der Waals surface area contributed by atoms with E-state index in [0.29, 0.717) is 24.4 Å². The topological polar surface area (TPSA) is 123 Å². The Hall–Kier alpha value is -2.29. The zero-order valence-electron chi connectivity index (χ0n) is 16.6. The number of hydrogen-bond donors (Lipinski definition) is 2. The van der Waals surface area contributed by atoms with Crippen LogP contribution in [0.2, 0.25) is 0 Å². The van der Waals surface area contributed by atoms with E-state index >= 15 is 0 Å². The lowest BCUT2D eigenvalue weighted by Crippen LogP contribution is -2.37. The van der Waals surface area contributed by atoms with Crippen molar-refractivity contribution in [2.45, 2.75) is 28.4 Å². The Kier molecular flexibility index (Phi) is 7.89. The molecular weight excluding hydrogens is 414 g/mol. The molecule has 1 aromatic rings. The summed E-state index contributed by atoms with van der Waals surface area (Å²) in [6.45, 7) is 3.26. The summed E-state index contributed by atoms with van der Waals surface area (Å²) < 4.78 is 26.9. The number of benzene rings is 1. The van der Waals surface area contributed by atoms with E-state index in [1.165, 1.54) is 18.2 Å². The molecule has 29 heavy (non-hydrogen) atoms. The Morgan fingerprint density at radius 2 is 2.17 bits per heavy atom. The molecule has 11 heteroatoms. The van der Waals surface area contributed by atoms with Crippen LogP contribution in [-0.2, 0) is 14.8 Å². The Bertz CT molecular complexity index is 911. The van der Waals surface area contributed by atoms with E-state index in [1.807, 2.05) is 32.0 Å². The fourth-order valence-corrected chi connectivity index (χ4v) is 5.57. The van der Waals surface area contributed by atoms with Crippen molar-refractivity contribution in [3.8, 4) is 6.07 Å². The lowest BCUT2D eigenvalue weighted by Gasteiger charge is -2.20. The highest BCUT2D eigenvalue weighted by Gasteiger charge is 2.35. The molecule has 1 aliphatic rings. The lowest BCUT2D eigenvalue weighted by molar-refractivity contribution is -0.120. The highest BCUT2D eigenvalue weighted by atomic mass is 32.2. The lowest BCUT2D eigenvalue weighted by atomic mass is 10.2. The molecule has 3 amide bonds. The Labute approximate surface area is 175 Å². The Balaban J connectivity index is 2.31. The minimum atomic E-state index is -4.15. The number of urea groups is 1. The maximum atomic E-state index is 13.1. The number of thioether (sulfide) groups is 1. The van der Waals surface area contributed by atoms with Gasteiger partial charge in [0, 0.05) is 24.5 Å². The van der Waals surface area contributed by atoms with Gasteiger partial charge in [-0.1, -0.05) is 6.92 Å². The van der Waals surface area contributed by atoms with E-state index in [0.717, 1.165) is 16.1 Å². The molecule has 0 aromatic heterocycles. The molecule has 158 valence electrons. The summed E-state index contributed by atoms with van der Waals surface area (Å²) in [5.74, 6) is -0.189. The molecule has 1 aliphatic heterocycles. The van der Waals surface area contributed by atoms with Crippen LogP contribution < -0.4 is 10.6 Å². The van der Waals surface area contributed by atoms with Crippen molar-refractivity contribution >= 4 is 33.7 Å². The molecule has 0 bridgehead atoms. The second-order valence-electron chi connectivity index (χ2n) is 6.69. The Morgan fingerprint density at radius 1 is 1.45 bits per heavy atom. The van der Waals surface area contributed by atoms with Gasteiger partial charge in [-0.05, 0) is 38.7 Å². The van der Waals surface area contributed by atoms with Crippen LogP contribution in [0.5, 0.6) is 0 Å². The van der Waals surface area contributed by atoms with Crippen molar-refractivity contribution in [2.75, 3.05) is 40.3 Å². The number of amides is 3. The number of nitrogens with one attached hydrogen (secondary N) is 2. The number of carbonyl (C=O) groups excluding carboxylic acids is 2. The molecule has 9 nitrogen and oxygen atoms in total. The van der Waals surface area contributed by atoms with Gasteiger partial charge in [-0.2, -0.15) is 5.26 Å². The molecule has 1 aromatic carbocycles. The van der Waals surface area contributed by atoms with Crippen LogP contribution in [0, 0.1) is 11.3 Å². The first kappa shape index (κ1) is 23.0. The molecular formula is C18H25N5O4S2. The van der Waals surface area contributed by atoms with Crippen LogP contribution in [0.15, 0.2) is 28.0 Å². The second-order valence-corrected chi connectivity index (χ2v) is 9.77. The number of likely N-dealkylation sites (N-methyl/N-ethyl adjacent to an activating group) is 1. The molecule has 1 saturated heterocycles. The van der Waals surface area contributed by atoms with E-state index in [4.69, 9.17) is 0 Å². The summed E-state index contributed by atoms with van der Waals surface area (Å²) in [6.07, 6.45) is 0.488. The second kappa shape index (κ2) is 9.96. The minimum Gasteiger partial charge on any atom is -0.354 e. The average molecular weight is 440 g/mol. The number of hydrogen-bond acceptors (Lipinski definition) is 7. The highest BCUT2D eigenvalue weighted by molar-refractivity contribution is 8.01. The molecule has 2 N–H and O–H groups in total. The molecule has 0 radical (unpaired) electrons. The van der Waals surface area contributed by atoms with Gasteiger partial charge in [0.15, 0.2) is 0 Å². The first-order chi connectivity index (χ1) is 13.7. The van der Waals surface area contributed by atoms with Gasteiger partial charge >= 0.3 is 6.03 Å². The van der Waals surface area contributed by atoms with E-state index in [1.54, 1.807) is 0 Å². The zero-order chi connectivity index (χ0) is 21.6. The van der Waals surface area contributed by atoms with Crippen molar-refractivity contribution in [3.63, 3.8) is 0 Å². The summed E-state index contributed by atoms with van der Waals surface area (Å²) in [5.41, 5.74) is 0.163. The van der Waals surface area contributed by atoms with Gasteiger partial charge in [0.1, 0.15) is 4.90 Å². The predicted octanol–water partition coefficient (Wildman–Crippen LogP) is 0.821. The molecule has 0 saturated carbocycles. The van der Waals surface area contributed by atoms with Crippen molar-refractivity contribution in [3.05, 3.63) is 23.8 Å². The first-order valence-corrected chi connectivity index (χ1v) is 11.5. The predicted molar refractivity (Wildman–Crippen MR) is 110 cm³/mol. The number of carbonyl (C=O) groups is 2. The Morgan fingerprint density at radius 3 is 2.72 bits per heavy atom. The molecule has 0 spiro atoms. The van der Waals surface area contributed by atoms with Gasteiger partial charge in [-0.15, -0.1) is 11.8 Å².